The molecule has 0 aliphatic heterocycles. The lowest BCUT2D eigenvalue weighted by atomic mass is 9.89. The van der Waals surface area contributed by atoms with Crippen LogP contribution in [0.3, 0.4) is 0 Å². The molecular formula is C12H23N9. The zero-order valence-corrected chi connectivity index (χ0v) is 13.0. The van der Waals surface area contributed by atoms with Gasteiger partial charge in [0.15, 0.2) is 0 Å². The van der Waals surface area contributed by atoms with Gasteiger partial charge in [-0.1, -0.05) is 68.2 Å². The average molecular weight is 293 g/mol. The first-order chi connectivity index (χ1) is 9.89. The fraction of sp³-hybridized carbons (Fsp3) is 1.00. The molecule has 0 aromatic carbocycles. The molecule has 0 saturated heterocycles. The van der Waals surface area contributed by atoms with Gasteiger partial charge in [0.05, 0.1) is 0 Å². The summed E-state index contributed by atoms with van der Waals surface area (Å²) in [7, 11) is 0. The minimum atomic E-state index is -1.69. The van der Waals surface area contributed by atoms with Crippen molar-refractivity contribution < 1.29 is 0 Å². The Kier molecular flexibility index (Phi) is 8.81. The van der Waals surface area contributed by atoms with Crippen LogP contribution < -0.4 is 0 Å². The highest BCUT2D eigenvalue weighted by Gasteiger charge is 2.25. The second kappa shape index (κ2) is 9.77. The third-order valence-electron chi connectivity index (χ3n) is 3.05. The molecule has 0 saturated carbocycles. The fourth-order valence-electron chi connectivity index (χ4n) is 1.97. The van der Waals surface area contributed by atoms with Gasteiger partial charge in [-0.15, -0.1) is 0 Å². The summed E-state index contributed by atoms with van der Waals surface area (Å²) in [5, 5.41) is 10.0. The van der Waals surface area contributed by atoms with Crippen molar-refractivity contribution in [2.75, 3.05) is 0 Å². The molecule has 0 spiro atoms. The maximum Gasteiger partial charge on any atom is 0.204 e. The summed E-state index contributed by atoms with van der Waals surface area (Å²) < 4.78 is 0. The van der Waals surface area contributed by atoms with Gasteiger partial charge < -0.3 is 0 Å². The van der Waals surface area contributed by atoms with E-state index in [-0.39, 0.29) is 6.42 Å². The summed E-state index contributed by atoms with van der Waals surface area (Å²) in [5.74, 6) is -1.69. The molecule has 0 aromatic heterocycles. The monoisotopic (exact) mass is 293 g/mol. The summed E-state index contributed by atoms with van der Waals surface area (Å²) in [6.45, 7) is 6.67. The van der Waals surface area contributed by atoms with Crippen molar-refractivity contribution in [1.82, 2.24) is 0 Å². The predicted octanol–water partition coefficient (Wildman–Crippen LogP) is 6.35. The first-order valence-electron chi connectivity index (χ1n) is 7.08. The Morgan fingerprint density at radius 2 is 1.05 bits per heavy atom. The van der Waals surface area contributed by atoms with E-state index in [4.69, 9.17) is 16.6 Å². The maximum atomic E-state index is 8.50. The van der Waals surface area contributed by atoms with E-state index in [0.29, 0.717) is 11.8 Å². The van der Waals surface area contributed by atoms with E-state index < -0.39 is 5.79 Å². The van der Waals surface area contributed by atoms with Crippen LogP contribution in [0.5, 0.6) is 0 Å². The van der Waals surface area contributed by atoms with Crippen molar-refractivity contribution in [3.8, 4) is 0 Å². The molecule has 21 heavy (non-hydrogen) atoms. The Morgan fingerprint density at radius 3 is 1.43 bits per heavy atom. The van der Waals surface area contributed by atoms with E-state index in [1.807, 2.05) is 0 Å². The molecule has 0 heterocycles. The van der Waals surface area contributed by atoms with Gasteiger partial charge in [0.25, 0.3) is 0 Å². The topological polar surface area (TPSA) is 146 Å². The molecule has 0 radical (unpaired) electrons. The van der Waals surface area contributed by atoms with E-state index in [2.05, 4.69) is 50.8 Å². The molecule has 0 aromatic rings. The summed E-state index contributed by atoms with van der Waals surface area (Å²) in [5.41, 5.74) is 25.8. The Hall–Kier alpha value is -2.07. The van der Waals surface area contributed by atoms with Crippen molar-refractivity contribution >= 4 is 0 Å². The molecule has 0 unspecified atom stereocenters. The van der Waals surface area contributed by atoms with Crippen LogP contribution in [0.2, 0.25) is 0 Å². The highest BCUT2D eigenvalue weighted by Crippen LogP contribution is 2.26. The van der Waals surface area contributed by atoms with Crippen LogP contribution in [0.15, 0.2) is 15.3 Å². The average Bonchev–Trinajstić information content (AvgIpc) is 2.37. The third kappa shape index (κ3) is 9.46. The molecule has 9 heteroatoms. The number of hydrogen-bond acceptors (Lipinski definition) is 3. The number of azide groups is 1. The molecule has 0 atom stereocenters. The Balaban J connectivity index is 4.19. The van der Waals surface area contributed by atoms with Gasteiger partial charge >= 0.3 is 0 Å². The van der Waals surface area contributed by atoms with Crippen molar-refractivity contribution in [1.29, 1.82) is 0 Å². The molecule has 9 nitrogen and oxygen atoms in total. The fourth-order valence-corrected chi connectivity index (χ4v) is 1.97. The van der Waals surface area contributed by atoms with Crippen molar-refractivity contribution in [2.45, 2.75) is 71.5 Å². The molecule has 116 valence electrons. The van der Waals surface area contributed by atoms with Crippen molar-refractivity contribution in [3.05, 3.63) is 31.3 Å². The summed E-state index contributed by atoms with van der Waals surface area (Å²) >= 11 is 0. The zero-order chi connectivity index (χ0) is 16.2. The Labute approximate surface area is 124 Å². The van der Waals surface area contributed by atoms with E-state index in [9.17, 15) is 0 Å². The quantitative estimate of drug-likeness (QED) is 0.191. The van der Waals surface area contributed by atoms with Gasteiger partial charge in [0, 0.05) is 14.7 Å². The second-order valence-corrected chi connectivity index (χ2v) is 6.17. The predicted molar refractivity (Wildman–Crippen MR) is 81.9 cm³/mol. The van der Waals surface area contributed by atoms with Crippen LogP contribution in [0.1, 0.15) is 65.7 Å². The Bertz CT molecular complexity index is 400. The highest BCUT2D eigenvalue weighted by atomic mass is 15.4. The van der Waals surface area contributed by atoms with Crippen molar-refractivity contribution in [3.63, 3.8) is 0 Å². The van der Waals surface area contributed by atoms with Gasteiger partial charge in [-0.3, -0.25) is 0 Å². The Morgan fingerprint density at radius 1 is 0.667 bits per heavy atom. The number of unbranched alkanes of at least 4 members (excludes halogenated alkanes) is 4. The van der Waals surface area contributed by atoms with E-state index in [1.54, 1.807) is 0 Å². The van der Waals surface area contributed by atoms with Gasteiger partial charge in [-0.25, -0.2) is 0 Å². The SMILES string of the molecule is CC(C)(C)CCCCCCCC(N=[N+]=[N-])(N=[N+]=[N-])N=[N+]=[N-]. The molecule has 0 rings (SSSR count). The van der Waals surface area contributed by atoms with Crippen molar-refractivity contribution in [2.24, 2.45) is 20.8 Å². The van der Waals surface area contributed by atoms with Gasteiger partial charge in [0.1, 0.15) is 0 Å². The minimum Gasteiger partial charge on any atom is -0.0751 e. The first-order valence-corrected chi connectivity index (χ1v) is 7.08. The van der Waals surface area contributed by atoms with Crippen LogP contribution >= 0.6 is 0 Å². The van der Waals surface area contributed by atoms with E-state index >= 15 is 0 Å². The van der Waals surface area contributed by atoms with Gasteiger partial charge in [-0.05, 0) is 34.9 Å². The molecule has 0 amide bonds. The van der Waals surface area contributed by atoms with Gasteiger partial charge in [0.2, 0.25) is 5.79 Å². The molecule has 0 aliphatic carbocycles. The molecule has 0 fully saturated rings. The number of hydrogen-bond donors (Lipinski definition) is 0. The summed E-state index contributed by atoms with van der Waals surface area (Å²) in [4.78, 5) is 7.79. The smallest absolute Gasteiger partial charge is 0.0751 e. The molecule has 0 N–H and O–H groups in total. The van der Waals surface area contributed by atoms with E-state index in [1.165, 1.54) is 12.8 Å². The van der Waals surface area contributed by atoms with Crippen LogP contribution in [-0.2, 0) is 0 Å². The lowest BCUT2D eigenvalue weighted by molar-refractivity contribution is 0.353. The van der Waals surface area contributed by atoms with Crippen LogP contribution in [0.4, 0.5) is 0 Å². The molecular weight excluding hydrogens is 270 g/mol. The largest absolute Gasteiger partial charge is 0.204 e. The third-order valence-corrected chi connectivity index (χ3v) is 3.05. The molecule has 0 bridgehead atoms. The first kappa shape index (κ1) is 18.9. The zero-order valence-electron chi connectivity index (χ0n) is 13.0. The second-order valence-electron chi connectivity index (χ2n) is 6.17. The van der Waals surface area contributed by atoms with Gasteiger partial charge in [-0.2, -0.15) is 0 Å². The standard InChI is InChI=1S/C12H23N9/c1-11(2,3)9-7-5-4-6-8-10-12(16-19-13,17-20-14)18-21-15/h4-10H2,1-3H3. The van der Waals surface area contributed by atoms with Crippen LogP contribution in [0.25, 0.3) is 31.3 Å². The summed E-state index contributed by atoms with van der Waals surface area (Å²) in [6, 6.07) is 0. The normalized spacial score (nSPS) is 13.3. The lowest BCUT2D eigenvalue weighted by Gasteiger charge is -2.18. The van der Waals surface area contributed by atoms with Crippen LogP contribution in [0, 0.1) is 5.41 Å². The van der Waals surface area contributed by atoms with E-state index in [0.717, 1.165) is 19.3 Å². The number of rotatable bonds is 10. The summed E-state index contributed by atoms with van der Waals surface area (Å²) in [6.07, 6.45) is 6.36. The molecule has 0 aliphatic rings. The number of nitrogens with zero attached hydrogens (tertiary/aromatic N) is 9. The minimum absolute atomic E-state index is 0.227. The van der Waals surface area contributed by atoms with Crippen LogP contribution in [-0.4, -0.2) is 5.79 Å². The maximum absolute atomic E-state index is 8.50. The lowest BCUT2D eigenvalue weighted by Crippen LogP contribution is -2.18. The highest BCUT2D eigenvalue weighted by molar-refractivity contribution is 4.84.